The molecule has 0 aromatic carbocycles. The number of hydrogen-bond acceptors (Lipinski definition) is 6. The van der Waals surface area contributed by atoms with E-state index in [-0.39, 0.29) is 40.3 Å². The van der Waals surface area contributed by atoms with E-state index in [2.05, 4.69) is 10.3 Å². The van der Waals surface area contributed by atoms with Gasteiger partial charge in [0.15, 0.2) is 0 Å². The number of ether oxygens (including phenoxy) is 2. The van der Waals surface area contributed by atoms with E-state index in [1.54, 1.807) is 33.5 Å². The molecule has 3 aromatic heterocycles. The summed E-state index contributed by atoms with van der Waals surface area (Å²) in [6.45, 7) is 3.61. The van der Waals surface area contributed by atoms with Gasteiger partial charge in [0.1, 0.15) is 17.9 Å². The molecule has 2 bridgehead atoms. The third kappa shape index (κ3) is 3.71. The quantitative estimate of drug-likeness (QED) is 0.555. The number of alkyl halides is 1. The van der Waals surface area contributed by atoms with E-state index in [1.807, 2.05) is 20.0 Å². The summed E-state index contributed by atoms with van der Waals surface area (Å²) in [4.78, 5) is 35.4. The Labute approximate surface area is 201 Å². The van der Waals surface area contributed by atoms with Crippen LogP contribution in [0, 0.1) is 0 Å². The van der Waals surface area contributed by atoms with Crippen molar-refractivity contribution in [1.29, 1.82) is 0 Å². The Bertz CT molecular complexity index is 1370. The van der Waals surface area contributed by atoms with Crippen LogP contribution in [0.3, 0.4) is 0 Å². The number of aromatic nitrogens is 4. The minimum Gasteiger partial charge on any atom is -0.474 e. The Morgan fingerprint density at radius 2 is 2.14 bits per heavy atom. The van der Waals surface area contributed by atoms with Gasteiger partial charge in [-0.25, -0.2) is 9.37 Å². The number of nitrogens with one attached hydrogen (secondary N) is 1. The summed E-state index contributed by atoms with van der Waals surface area (Å²) in [5.41, 5.74) is -0.0988. The van der Waals surface area contributed by atoms with Crippen molar-refractivity contribution in [2.45, 2.75) is 69.1 Å². The molecule has 2 aliphatic carbocycles. The monoisotopic (exact) mass is 481 g/mol. The van der Waals surface area contributed by atoms with Gasteiger partial charge < -0.3 is 19.4 Å². The van der Waals surface area contributed by atoms with Crippen molar-refractivity contribution in [2.24, 2.45) is 0 Å². The maximum Gasteiger partial charge on any atom is 0.274 e. The minimum absolute atomic E-state index is 0.144. The van der Waals surface area contributed by atoms with E-state index in [1.165, 1.54) is 0 Å². The first-order chi connectivity index (χ1) is 16.8. The molecular formula is C25H28FN5O4. The molecule has 3 aliphatic rings. The summed E-state index contributed by atoms with van der Waals surface area (Å²) >= 11 is 0. The predicted molar refractivity (Wildman–Crippen MR) is 126 cm³/mol. The van der Waals surface area contributed by atoms with Crippen molar-refractivity contribution < 1.29 is 18.7 Å². The lowest BCUT2D eigenvalue weighted by Crippen LogP contribution is -2.29. The van der Waals surface area contributed by atoms with Crippen molar-refractivity contribution in [1.82, 2.24) is 18.9 Å². The van der Waals surface area contributed by atoms with Gasteiger partial charge in [-0.15, -0.1) is 0 Å². The highest BCUT2D eigenvalue weighted by Crippen LogP contribution is 2.54. The van der Waals surface area contributed by atoms with Crippen LogP contribution in [0.4, 0.5) is 10.1 Å². The van der Waals surface area contributed by atoms with Gasteiger partial charge in [-0.2, -0.15) is 4.98 Å². The van der Waals surface area contributed by atoms with Crippen molar-refractivity contribution in [3.8, 4) is 5.88 Å². The highest BCUT2D eigenvalue weighted by molar-refractivity contribution is 6.05. The van der Waals surface area contributed by atoms with Crippen LogP contribution in [0.15, 0.2) is 35.5 Å². The van der Waals surface area contributed by atoms with Gasteiger partial charge in [0.25, 0.3) is 11.5 Å². The maximum atomic E-state index is 13.6. The number of nitrogens with zero attached hydrogens (tertiary/aromatic N) is 4. The molecule has 4 heterocycles. The summed E-state index contributed by atoms with van der Waals surface area (Å²) in [5.74, 6) is 0.0444. The van der Waals surface area contributed by atoms with Gasteiger partial charge in [0, 0.05) is 30.0 Å². The van der Waals surface area contributed by atoms with Gasteiger partial charge in [-0.1, -0.05) is 0 Å². The molecule has 10 heteroatoms. The lowest BCUT2D eigenvalue weighted by atomic mass is 9.84. The van der Waals surface area contributed by atoms with E-state index in [0.29, 0.717) is 25.2 Å². The number of carbonyl (C=O) groups is 1. The molecule has 2 atom stereocenters. The fourth-order valence-corrected chi connectivity index (χ4v) is 5.31. The van der Waals surface area contributed by atoms with E-state index in [0.717, 1.165) is 25.0 Å². The first-order valence-electron chi connectivity index (χ1n) is 12.1. The molecule has 1 aliphatic heterocycles. The zero-order chi connectivity index (χ0) is 24.4. The largest absolute Gasteiger partial charge is 0.474 e. The molecule has 2 saturated carbocycles. The van der Waals surface area contributed by atoms with Crippen molar-refractivity contribution >= 4 is 17.4 Å². The summed E-state index contributed by atoms with van der Waals surface area (Å²) < 4.78 is 28.6. The lowest BCUT2D eigenvalue weighted by molar-refractivity contribution is -0.0356. The molecule has 6 rings (SSSR count). The molecule has 184 valence electrons. The van der Waals surface area contributed by atoms with Gasteiger partial charge in [-0.05, 0) is 58.1 Å². The number of rotatable bonds is 7. The molecule has 9 nitrogen and oxygen atoms in total. The average molecular weight is 482 g/mol. The Morgan fingerprint density at radius 3 is 2.80 bits per heavy atom. The fourth-order valence-electron chi connectivity index (χ4n) is 5.31. The summed E-state index contributed by atoms with van der Waals surface area (Å²) in [6.07, 6.45) is 8.96. The van der Waals surface area contributed by atoms with Gasteiger partial charge >= 0.3 is 0 Å². The zero-order valence-corrected chi connectivity index (χ0v) is 19.8. The number of halogens is 1. The Balaban J connectivity index is 1.36. The molecule has 1 saturated heterocycles. The predicted octanol–water partition coefficient (Wildman–Crippen LogP) is 3.43. The number of carbonyl (C=O) groups excluding carboxylic acids is 1. The molecule has 1 amide bonds. The van der Waals surface area contributed by atoms with Gasteiger partial charge in [-0.3, -0.25) is 14.0 Å². The molecule has 0 spiro atoms. The Hall–Kier alpha value is -3.27. The zero-order valence-electron chi connectivity index (χ0n) is 19.8. The standard InChI is InChI=1S/C25H28FN5O4/c1-15(2)35-21-17(20(32)27-18-4-3-9-31(22(18)33)16-5-6-16)10-30-11-19(28-23(30)29-21)24-7-8-25(12-24,13-26)34-14-24/h3-4,9-11,15-16H,5-8,12-14H2,1-2H3,(H,27,32). The lowest BCUT2D eigenvalue weighted by Gasteiger charge is -2.25. The topological polar surface area (TPSA) is 99.8 Å². The molecule has 35 heavy (non-hydrogen) atoms. The van der Waals surface area contributed by atoms with Crippen molar-refractivity contribution in [2.75, 3.05) is 18.6 Å². The van der Waals surface area contributed by atoms with Gasteiger partial charge in [0.2, 0.25) is 11.7 Å². The summed E-state index contributed by atoms with van der Waals surface area (Å²) in [6, 6.07) is 3.55. The van der Waals surface area contributed by atoms with E-state index >= 15 is 0 Å². The maximum absolute atomic E-state index is 13.6. The van der Waals surface area contributed by atoms with Crippen LogP contribution in [0.1, 0.15) is 68.0 Å². The second kappa shape index (κ2) is 7.87. The Morgan fingerprint density at radius 1 is 1.31 bits per heavy atom. The van der Waals surface area contributed by atoms with Crippen LogP contribution < -0.4 is 15.6 Å². The van der Waals surface area contributed by atoms with E-state index in [9.17, 15) is 14.0 Å². The number of amides is 1. The van der Waals surface area contributed by atoms with Gasteiger partial charge in [0.05, 0.1) is 24.0 Å². The SMILES string of the molecule is CC(C)Oc1nc2nc(C34CCC(CF)(C3)OC4)cn2cc1C(=O)Nc1cccn(C2CC2)c1=O. The minimum atomic E-state index is -0.705. The number of fused-ring (bicyclic) bond motifs is 3. The number of hydrogen-bond donors (Lipinski definition) is 1. The first kappa shape index (κ1) is 22.2. The molecule has 0 radical (unpaired) electrons. The van der Waals surface area contributed by atoms with Crippen LogP contribution in [0.25, 0.3) is 5.78 Å². The normalized spacial score (nSPS) is 25.5. The molecule has 3 fully saturated rings. The average Bonchev–Trinajstić information content (AvgIpc) is 3.32. The summed E-state index contributed by atoms with van der Waals surface area (Å²) in [5, 5.41) is 2.74. The van der Waals surface area contributed by atoms with Crippen LogP contribution in [0.5, 0.6) is 5.88 Å². The number of pyridine rings is 1. The highest BCUT2D eigenvalue weighted by atomic mass is 19.1. The number of imidazole rings is 1. The molecular weight excluding hydrogens is 453 g/mol. The third-order valence-electron chi connectivity index (χ3n) is 7.33. The van der Waals surface area contributed by atoms with Crippen molar-refractivity contribution in [3.63, 3.8) is 0 Å². The number of anilines is 1. The van der Waals surface area contributed by atoms with Crippen LogP contribution >= 0.6 is 0 Å². The molecule has 2 unspecified atom stereocenters. The second-order valence-electron chi connectivity index (χ2n) is 10.3. The second-order valence-corrected chi connectivity index (χ2v) is 10.3. The van der Waals surface area contributed by atoms with Crippen LogP contribution in [-0.2, 0) is 10.2 Å². The van der Waals surface area contributed by atoms with E-state index < -0.39 is 18.2 Å². The summed E-state index contributed by atoms with van der Waals surface area (Å²) in [7, 11) is 0. The third-order valence-corrected chi connectivity index (χ3v) is 7.33. The van der Waals surface area contributed by atoms with Crippen LogP contribution in [-0.4, -0.2) is 49.8 Å². The molecule has 3 aromatic rings. The first-order valence-corrected chi connectivity index (χ1v) is 12.1. The highest BCUT2D eigenvalue weighted by Gasteiger charge is 2.57. The van der Waals surface area contributed by atoms with Crippen molar-refractivity contribution in [3.05, 3.63) is 52.3 Å². The fraction of sp³-hybridized carbons (Fsp3) is 0.520. The molecule has 1 N–H and O–H groups in total. The van der Waals surface area contributed by atoms with Crippen LogP contribution in [0.2, 0.25) is 0 Å². The van der Waals surface area contributed by atoms with E-state index in [4.69, 9.17) is 14.5 Å². The smallest absolute Gasteiger partial charge is 0.274 e. The Kier molecular flexibility index (Phi) is 5.00.